The zero-order valence-electron chi connectivity index (χ0n) is 38.0. The van der Waals surface area contributed by atoms with E-state index in [1.165, 1.54) is 70.3 Å². The Morgan fingerprint density at radius 1 is 0.763 bits per heavy atom. The van der Waals surface area contributed by atoms with Crippen molar-refractivity contribution in [3.05, 3.63) is 143 Å². The molecule has 0 spiro atoms. The number of rotatable bonds is 10. The maximum absolute atomic E-state index is 12.0. The number of hydrogen-bond donors (Lipinski definition) is 1. The van der Waals surface area contributed by atoms with Crippen LogP contribution >= 0.6 is 0 Å². The molecule has 4 aromatic carbocycles. The van der Waals surface area contributed by atoms with Gasteiger partial charge in [-0.2, -0.15) is 0 Å². The number of ketones is 1. The molecule has 0 bridgehead atoms. The van der Waals surface area contributed by atoms with Gasteiger partial charge in [-0.25, -0.2) is 0 Å². The van der Waals surface area contributed by atoms with Crippen LogP contribution < -0.4 is 0 Å². The Kier molecular flexibility index (Phi) is 16.8. The minimum absolute atomic E-state index is 0. The summed E-state index contributed by atoms with van der Waals surface area (Å²) in [5.74, 6) is 1.19. The van der Waals surface area contributed by atoms with Crippen LogP contribution in [0.5, 0.6) is 0 Å². The Bertz CT molecular complexity index is 2380. The maximum Gasteiger partial charge on any atom is 0.164 e. The Balaban J connectivity index is 0.000000201. The number of aryl methyl sites for hydroxylation is 5. The van der Waals surface area contributed by atoms with Gasteiger partial charge in [0, 0.05) is 49.9 Å². The molecule has 2 heterocycles. The van der Waals surface area contributed by atoms with Crippen molar-refractivity contribution in [2.45, 2.75) is 127 Å². The molecule has 59 heavy (non-hydrogen) atoms. The van der Waals surface area contributed by atoms with Crippen LogP contribution in [0.4, 0.5) is 0 Å². The third-order valence-electron chi connectivity index (χ3n) is 12.1. The van der Waals surface area contributed by atoms with Crippen LogP contribution in [0.2, 0.25) is 0 Å². The fourth-order valence-corrected chi connectivity index (χ4v) is 8.15. The first kappa shape index (κ1) is 45.6. The average Bonchev–Trinajstić information content (AvgIpc) is 3.75. The summed E-state index contributed by atoms with van der Waals surface area (Å²) < 4.78 is 7.92. The van der Waals surface area contributed by atoms with Gasteiger partial charge in [-0.1, -0.05) is 117 Å². The van der Waals surface area contributed by atoms with Crippen LogP contribution in [-0.2, 0) is 24.9 Å². The zero-order chi connectivity index (χ0) is 42.9. The predicted molar refractivity (Wildman–Crippen MR) is 245 cm³/mol. The third-order valence-corrected chi connectivity index (χ3v) is 12.1. The second-order valence-electron chi connectivity index (χ2n) is 16.7. The number of pyridine rings is 2. The molecule has 0 saturated heterocycles. The number of carbonyl (C=O) groups excluding carboxylic acids is 1. The molecule has 1 saturated carbocycles. The Morgan fingerprint density at radius 3 is 1.85 bits per heavy atom. The van der Waals surface area contributed by atoms with Gasteiger partial charge in [-0.15, -0.1) is 69.8 Å². The fourth-order valence-electron chi connectivity index (χ4n) is 8.15. The van der Waals surface area contributed by atoms with Gasteiger partial charge in [0.1, 0.15) is 0 Å². The van der Waals surface area contributed by atoms with Crippen molar-refractivity contribution in [2.24, 2.45) is 11.3 Å². The maximum atomic E-state index is 12.0. The summed E-state index contributed by atoms with van der Waals surface area (Å²) in [5, 5.41) is 14.5. The van der Waals surface area contributed by atoms with Crippen LogP contribution in [0.15, 0.2) is 97.0 Å². The Labute approximate surface area is 369 Å². The van der Waals surface area contributed by atoms with Gasteiger partial charge < -0.3 is 15.1 Å². The molecule has 4 nitrogen and oxygen atoms in total. The second-order valence-corrected chi connectivity index (χ2v) is 16.7. The molecule has 1 radical (unpaired) electrons. The summed E-state index contributed by atoms with van der Waals surface area (Å²) in [4.78, 5) is 21.1. The minimum atomic E-state index is -0.319. The first-order valence-electron chi connectivity index (χ1n) is 21.9. The van der Waals surface area contributed by atoms with Crippen LogP contribution in [0.25, 0.3) is 44.1 Å². The van der Waals surface area contributed by atoms with Crippen molar-refractivity contribution in [1.82, 2.24) is 9.97 Å². The van der Waals surface area contributed by atoms with Crippen molar-refractivity contribution in [3.8, 4) is 22.5 Å². The minimum Gasteiger partial charge on any atom is -0.512 e. The van der Waals surface area contributed by atoms with E-state index in [0.717, 1.165) is 70.5 Å². The van der Waals surface area contributed by atoms with Crippen LogP contribution in [0.1, 0.15) is 127 Å². The molecule has 0 amide bonds. The van der Waals surface area contributed by atoms with Crippen molar-refractivity contribution < 1.29 is 31.4 Å². The summed E-state index contributed by atoms with van der Waals surface area (Å²) in [7, 11) is 0. The molecule has 0 atom stereocenters. The van der Waals surface area contributed by atoms with Crippen LogP contribution in [-0.4, -0.2) is 20.9 Å². The molecule has 0 aliphatic heterocycles. The molecule has 7 rings (SSSR count). The van der Waals surface area contributed by atoms with Gasteiger partial charge in [0.05, 0.1) is 7.13 Å². The van der Waals surface area contributed by atoms with Crippen molar-refractivity contribution in [1.29, 1.82) is 0 Å². The average molecular weight is 966 g/mol. The van der Waals surface area contributed by atoms with E-state index in [4.69, 9.17) is 1.37 Å². The first-order valence-corrected chi connectivity index (χ1v) is 21.4. The van der Waals surface area contributed by atoms with E-state index in [0.29, 0.717) is 6.17 Å². The van der Waals surface area contributed by atoms with Crippen molar-refractivity contribution >= 4 is 27.3 Å². The fraction of sp³-hybridized carbons (Fsp3) is 0.389. The Hall–Kier alpha value is -4.44. The number of aliphatic hydroxyl groups excluding tert-OH is 1. The molecule has 5 heteroatoms. The van der Waals surface area contributed by atoms with E-state index in [9.17, 15) is 9.90 Å². The quantitative estimate of drug-likeness (QED) is 0.0844. The van der Waals surface area contributed by atoms with Gasteiger partial charge >= 0.3 is 0 Å². The molecule has 1 N–H and O–H groups in total. The van der Waals surface area contributed by atoms with Crippen LogP contribution in [0, 0.1) is 58.1 Å². The number of aromatic nitrogens is 2. The predicted octanol–water partition coefficient (Wildman–Crippen LogP) is 14.9. The molecular weight excluding hydrogens is 901 g/mol. The summed E-state index contributed by atoms with van der Waals surface area (Å²) >= 11 is 0. The summed E-state index contributed by atoms with van der Waals surface area (Å²) in [6.07, 6.45) is 12.5. The summed E-state index contributed by atoms with van der Waals surface area (Å²) in [6, 6.07) is 32.5. The van der Waals surface area contributed by atoms with Gasteiger partial charge in [-0.05, 0) is 102 Å². The summed E-state index contributed by atoms with van der Waals surface area (Å²) in [6.45, 7) is 20.5. The van der Waals surface area contributed by atoms with Crippen molar-refractivity contribution in [2.75, 3.05) is 0 Å². The molecule has 1 aliphatic rings. The second kappa shape index (κ2) is 21.7. The number of fused-ring (bicyclic) bond motifs is 2. The van der Waals surface area contributed by atoms with E-state index >= 15 is 0 Å². The topological polar surface area (TPSA) is 63.1 Å². The van der Waals surface area contributed by atoms with Crippen molar-refractivity contribution in [3.63, 3.8) is 0 Å². The molecule has 1 fully saturated rings. The molecule has 2 aromatic heterocycles. The number of hydrogen-bond acceptors (Lipinski definition) is 4. The summed E-state index contributed by atoms with van der Waals surface area (Å²) in [5.41, 5.74) is 11.0. The van der Waals surface area contributed by atoms with E-state index in [-0.39, 0.29) is 43.0 Å². The van der Waals surface area contributed by atoms with Gasteiger partial charge in [-0.3, -0.25) is 4.79 Å². The van der Waals surface area contributed by atoms with E-state index in [1.54, 1.807) is 0 Å². The first-order chi connectivity index (χ1) is 28.2. The van der Waals surface area contributed by atoms with Crippen LogP contribution in [0.3, 0.4) is 0 Å². The number of nitrogens with zero attached hydrogens (tertiary/aromatic N) is 2. The van der Waals surface area contributed by atoms with Gasteiger partial charge in [0.2, 0.25) is 0 Å². The molecule has 6 aromatic rings. The standard InChI is InChI=1S/C22H22N.C18H16N.C14H26O2.Ir/c1-15-11-16(2)13-20(12-15)22-21-8-7-18(17-5-3-4-6-17)14-19(21)9-10-23-22;1-12-4-5-17-15(9-12)6-7-19-18(17)16-10-13(2)8-14(3)11-16;1-6-11(7-2)12(15)10-13(16)14(5,8-3)9-4;/h7-12,14,17H,3-6H2,1-2H3;4-10H,1-3H3;10-11,15H,6-9H2,1-5H3;/q2*-1;;/b;;12-10-;/i;7D;;. The van der Waals surface area contributed by atoms with Gasteiger partial charge in [0.15, 0.2) is 5.78 Å². The van der Waals surface area contributed by atoms with E-state index < -0.39 is 0 Å². The third kappa shape index (κ3) is 12.1. The number of allylic oxidation sites excluding steroid dienone is 2. The molecular formula is C54H64IrN2O2-2. The largest absolute Gasteiger partial charge is 0.512 e. The number of carbonyl (C=O) groups is 1. The number of benzene rings is 4. The SMILES string of the molecule is CCC(CC)/C(O)=C/C(=O)C(C)(CC)CC.Cc1[c-]c(-c2nccc3cc(C4CCCC4)ccc23)cc(C)c1.[2H]c1cc2cc(C)ccc2c(-c2[c-]c(C)cc(C)c2)n1.[Ir]. The number of aliphatic hydroxyl groups is 1. The van der Waals surface area contributed by atoms with E-state index in [1.807, 2.05) is 53.8 Å². The van der Waals surface area contributed by atoms with Gasteiger partial charge in [0.25, 0.3) is 0 Å². The molecule has 0 unspecified atom stereocenters. The smallest absolute Gasteiger partial charge is 0.164 e. The molecule has 1 aliphatic carbocycles. The Morgan fingerprint density at radius 2 is 1.31 bits per heavy atom. The normalized spacial score (nSPS) is 13.3. The molecule has 313 valence electrons. The zero-order valence-corrected chi connectivity index (χ0v) is 39.4. The van der Waals surface area contributed by atoms with E-state index in [2.05, 4.69) is 117 Å². The monoisotopic (exact) mass is 966 g/mol.